The average Bonchev–Trinajstić information content (AvgIpc) is 1.53. The van der Waals surface area contributed by atoms with Gasteiger partial charge in [-0.25, -0.2) is 0 Å². The van der Waals surface area contributed by atoms with Gasteiger partial charge < -0.3 is 10.2 Å². The first-order valence-electron chi connectivity index (χ1n) is 42.9. The second kappa shape index (κ2) is 29.9. The van der Waals surface area contributed by atoms with Crippen LogP contribution < -0.4 is 10.2 Å². The van der Waals surface area contributed by atoms with Crippen molar-refractivity contribution in [1.29, 1.82) is 0 Å². The monoisotopic (exact) mass is 1590 g/mol. The van der Waals surface area contributed by atoms with Crippen LogP contribution in [0.4, 0.5) is 28.4 Å². The number of para-hydroxylation sites is 2. The van der Waals surface area contributed by atoms with E-state index in [9.17, 15) is 0 Å². The van der Waals surface area contributed by atoms with E-state index in [-0.39, 0.29) is 16.2 Å². The Hall–Kier alpha value is -14.7. The number of hydrogen-bond donors (Lipinski definition) is 1. The summed E-state index contributed by atoms with van der Waals surface area (Å²) in [4.78, 5) is 2.35. The molecule has 20 aromatic carbocycles. The molecule has 0 atom stereocenters. The summed E-state index contributed by atoms with van der Waals surface area (Å²) in [6.07, 6.45) is 0. The summed E-state index contributed by atoms with van der Waals surface area (Å²) in [6.45, 7) is 9.53. The Morgan fingerprint density at radius 2 is 0.496 bits per heavy atom. The quantitative estimate of drug-likeness (QED) is 0.145. The maximum atomic E-state index is 6.31. The predicted molar refractivity (Wildman–Crippen MR) is 519 cm³/mol. The fraction of sp³-hybridized carbons (Fsp3) is 0.0667. The van der Waals surface area contributed by atoms with Crippen LogP contribution in [0.3, 0.4) is 0 Å². The topological polar surface area (TPSA) is 15.3 Å². The summed E-state index contributed by atoms with van der Waals surface area (Å²) in [5.74, 6) is 0. The van der Waals surface area contributed by atoms with Crippen molar-refractivity contribution >= 4 is 83.1 Å². The Morgan fingerprint density at radius 3 is 0.935 bits per heavy atom. The molecule has 4 aliphatic rings. The lowest BCUT2D eigenvalue weighted by Crippen LogP contribution is -2.40. The van der Waals surface area contributed by atoms with E-state index in [1.807, 2.05) is 36.4 Å². The zero-order chi connectivity index (χ0) is 82.5. The van der Waals surface area contributed by atoms with Crippen LogP contribution in [0, 0.1) is 0 Å². The second-order valence-electron chi connectivity index (χ2n) is 34.3. The highest BCUT2D eigenvalue weighted by atomic mass is 35.5. The molecule has 584 valence electrons. The minimum Gasteiger partial charge on any atom is -0.356 e. The van der Waals surface area contributed by atoms with Crippen LogP contribution in [0.2, 0.25) is 5.02 Å². The normalized spacial score (nSPS) is 13.8. The highest BCUT2D eigenvalue weighted by Crippen LogP contribution is 2.66. The molecule has 4 aliphatic carbocycles. The zero-order valence-electron chi connectivity index (χ0n) is 69.0. The van der Waals surface area contributed by atoms with Gasteiger partial charge in [0, 0.05) is 44.3 Å². The molecular formula is C120H87ClN2. The van der Waals surface area contributed by atoms with Crippen molar-refractivity contribution in [2.24, 2.45) is 0 Å². The van der Waals surface area contributed by atoms with Gasteiger partial charge in [-0.05, 0) is 262 Å². The molecular weight excluding hydrogens is 1500 g/mol. The van der Waals surface area contributed by atoms with Crippen LogP contribution in [0.15, 0.2) is 449 Å². The van der Waals surface area contributed by atoms with Crippen molar-refractivity contribution in [3.8, 4) is 66.8 Å². The number of nitrogens with one attached hydrogen (secondary N) is 1. The van der Waals surface area contributed by atoms with Crippen LogP contribution in [-0.4, -0.2) is 0 Å². The molecule has 2 nitrogen and oxygen atoms in total. The molecule has 0 heterocycles. The molecule has 0 bridgehead atoms. The number of benzene rings is 20. The standard InChI is InChI=1S/C60H43N.C42H29Cl.C18H15N/c1-59(2)53-23-11-13-25-55(53)60(56-26-14-12-24-54(56)59)52-22-10-9-20-51(52)58-50(21-15-27-57(58)60)43-32-36-48-42(38-43)28-29-44-39-47(35-37-49(44)48)61(45-18-7-4-8-19-45)46-33-30-41(31-34-46)40-16-5-3-6-17-40;1-41(2)35-13-5-7-15-37(35)42(38-16-8-6-14-36(38)41)34-12-4-3-10-33(34)40-32(11-9-17-39(40)42)27-20-22-30-26(24-27)18-19-28-25-29(43)21-23-31(28)30;1-3-7-15(8-4-1)16-11-13-18(14-12-16)19-17-9-5-2-6-10-17/h3-39H,1-2H3;3-25H,1-2H3;1-14,19H. The summed E-state index contributed by atoms with van der Waals surface area (Å²) < 4.78 is 0. The van der Waals surface area contributed by atoms with Gasteiger partial charge in [0.2, 0.25) is 0 Å². The van der Waals surface area contributed by atoms with Gasteiger partial charge >= 0.3 is 0 Å². The van der Waals surface area contributed by atoms with Gasteiger partial charge in [-0.2, -0.15) is 0 Å². The van der Waals surface area contributed by atoms with Crippen molar-refractivity contribution in [3.05, 3.63) is 521 Å². The van der Waals surface area contributed by atoms with Crippen LogP contribution in [-0.2, 0) is 21.7 Å². The lowest BCUT2D eigenvalue weighted by atomic mass is 9.55. The van der Waals surface area contributed by atoms with E-state index in [2.05, 4.69) is 450 Å². The minimum absolute atomic E-state index is 0.0981. The first-order chi connectivity index (χ1) is 60.4. The van der Waals surface area contributed by atoms with E-state index >= 15 is 0 Å². The highest BCUT2D eigenvalue weighted by Gasteiger charge is 2.55. The summed E-state index contributed by atoms with van der Waals surface area (Å²) in [5.41, 5.74) is 36.5. The molecule has 24 rings (SSSR count). The van der Waals surface area contributed by atoms with E-state index in [0.717, 1.165) is 33.5 Å². The third kappa shape index (κ3) is 12.1. The number of fused-ring (bicyclic) bond motifs is 24. The summed E-state index contributed by atoms with van der Waals surface area (Å²) in [5, 5.41) is 14.0. The predicted octanol–water partition coefficient (Wildman–Crippen LogP) is 32.2. The lowest BCUT2D eigenvalue weighted by Gasteiger charge is -2.46. The van der Waals surface area contributed by atoms with Crippen LogP contribution in [0.1, 0.15) is 94.5 Å². The Labute approximate surface area is 725 Å². The molecule has 0 saturated carbocycles. The van der Waals surface area contributed by atoms with Crippen molar-refractivity contribution in [3.63, 3.8) is 0 Å². The molecule has 0 fully saturated rings. The summed E-state index contributed by atoms with van der Waals surface area (Å²) in [6, 6.07) is 164. The lowest BCUT2D eigenvalue weighted by molar-refractivity contribution is 0.563. The van der Waals surface area contributed by atoms with Gasteiger partial charge in [-0.1, -0.05) is 403 Å². The first-order valence-corrected chi connectivity index (χ1v) is 43.2. The Morgan fingerprint density at radius 1 is 0.203 bits per heavy atom. The van der Waals surface area contributed by atoms with E-state index in [1.54, 1.807) is 0 Å². The molecule has 20 aromatic rings. The third-order valence-corrected chi connectivity index (χ3v) is 27.2. The molecule has 0 aromatic heterocycles. The first kappa shape index (κ1) is 74.6. The van der Waals surface area contributed by atoms with Gasteiger partial charge in [0.1, 0.15) is 0 Å². The number of rotatable bonds is 9. The maximum absolute atomic E-state index is 6.31. The van der Waals surface area contributed by atoms with E-state index < -0.39 is 5.41 Å². The van der Waals surface area contributed by atoms with Crippen LogP contribution in [0.25, 0.3) is 110 Å². The smallest absolute Gasteiger partial charge is 0.0719 e. The zero-order valence-corrected chi connectivity index (χ0v) is 69.8. The van der Waals surface area contributed by atoms with Crippen LogP contribution in [0.5, 0.6) is 0 Å². The van der Waals surface area contributed by atoms with E-state index in [0.29, 0.717) is 0 Å². The SMILES string of the molecule is CC1(C)c2ccccc2C2(c3ccccc3-c3c(-c4ccc5c(ccc6cc(Cl)ccc65)c4)cccc32)c2ccccc21.CC1(C)c2ccccc2C2(c3ccccc3-c3c(-c4ccc5c(ccc6cc(N(c7ccccc7)c7ccc(-c8ccccc8)cc7)ccc65)c4)cccc32)c2ccccc21.c1ccc(Nc2ccc(-c3ccccc3)cc2)cc1. The second-order valence-corrected chi connectivity index (χ2v) is 34.7. The number of halogens is 1. The summed E-state index contributed by atoms with van der Waals surface area (Å²) in [7, 11) is 0. The van der Waals surface area contributed by atoms with E-state index in [1.165, 1.54) is 177 Å². The van der Waals surface area contributed by atoms with Gasteiger partial charge in [0.25, 0.3) is 0 Å². The molecule has 2 spiro atoms. The van der Waals surface area contributed by atoms with Crippen LogP contribution >= 0.6 is 11.6 Å². The van der Waals surface area contributed by atoms with Crippen molar-refractivity contribution in [2.45, 2.75) is 49.4 Å². The molecule has 0 saturated heterocycles. The Balaban J connectivity index is 0.000000125. The molecule has 3 heteroatoms. The molecule has 1 N–H and O–H groups in total. The molecule has 0 radical (unpaired) electrons. The molecule has 0 aliphatic heterocycles. The number of nitrogens with zero attached hydrogens (tertiary/aromatic N) is 1. The summed E-state index contributed by atoms with van der Waals surface area (Å²) >= 11 is 6.31. The fourth-order valence-electron chi connectivity index (χ4n) is 21.4. The van der Waals surface area contributed by atoms with Gasteiger partial charge in [0.15, 0.2) is 0 Å². The van der Waals surface area contributed by atoms with Crippen molar-refractivity contribution in [2.75, 3.05) is 10.2 Å². The van der Waals surface area contributed by atoms with Crippen molar-refractivity contribution < 1.29 is 0 Å². The van der Waals surface area contributed by atoms with Crippen molar-refractivity contribution in [1.82, 2.24) is 0 Å². The average molecular weight is 1590 g/mol. The minimum atomic E-state index is -0.410. The Kier molecular flexibility index (Phi) is 18.2. The highest BCUT2D eigenvalue weighted by molar-refractivity contribution is 6.31. The maximum Gasteiger partial charge on any atom is 0.0719 e. The van der Waals surface area contributed by atoms with E-state index in [4.69, 9.17) is 11.6 Å². The van der Waals surface area contributed by atoms with Gasteiger partial charge in [0.05, 0.1) is 10.8 Å². The van der Waals surface area contributed by atoms with Gasteiger partial charge in [-0.15, -0.1) is 0 Å². The number of anilines is 5. The molecule has 0 unspecified atom stereocenters. The molecule has 0 amide bonds. The largest absolute Gasteiger partial charge is 0.356 e. The third-order valence-electron chi connectivity index (χ3n) is 27.0. The Bertz CT molecular complexity index is 7410. The van der Waals surface area contributed by atoms with Gasteiger partial charge in [-0.3, -0.25) is 0 Å². The fourth-order valence-corrected chi connectivity index (χ4v) is 21.6. The molecule has 123 heavy (non-hydrogen) atoms. The number of hydrogen-bond acceptors (Lipinski definition) is 2.